The molecular weight excluding hydrogens is 278 g/mol. The molecule has 0 radical (unpaired) electrons. The molecule has 0 amide bonds. The molecule has 1 saturated heterocycles. The van der Waals surface area contributed by atoms with E-state index in [2.05, 4.69) is 6.58 Å². The minimum atomic E-state index is -1.75. The molecule has 2 rings (SSSR count). The lowest BCUT2D eigenvalue weighted by molar-refractivity contribution is -0.216. The minimum absolute atomic E-state index is 0.0674. The summed E-state index contributed by atoms with van der Waals surface area (Å²) in [5, 5.41) is 10.7. The fraction of sp³-hybridized carbons (Fsp3) is 0.500. The maximum atomic E-state index is 13.9. The smallest absolute Gasteiger partial charge is 0.158 e. The van der Waals surface area contributed by atoms with Crippen LogP contribution in [-0.2, 0) is 15.1 Å². The molecule has 5 heteroatoms. The molecule has 1 aromatic rings. The molecule has 1 fully saturated rings. The Morgan fingerprint density at radius 1 is 1.48 bits per heavy atom. The summed E-state index contributed by atoms with van der Waals surface area (Å²) in [4.78, 5) is 0. The van der Waals surface area contributed by atoms with E-state index in [1.165, 1.54) is 12.1 Å². The summed E-state index contributed by atoms with van der Waals surface area (Å²) in [6, 6.07) is 3.03. The number of benzene rings is 1. The molecule has 1 heterocycles. The highest BCUT2D eigenvalue weighted by atomic mass is 19.1. The Morgan fingerprint density at radius 2 is 2.24 bits per heavy atom. The molecule has 116 valence electrons. The van der Waals surface area contributed by atoms with Crippen molar-refractivity contribution in [2.75, 3.05) is 6.61 Å². The number of halogens is 2. The largest absolute Gasteiger partial charge is 0.378 e. The van der Waals surface area contributed by atoms with Crippen LogP contribution in [0.2, 0.25) is 0 Å². The fourth-order valence-electron chi connectivity index (χ4n) is 2.46. The van der Waals surface area contributed by atoms with E-state index < -0.39 is 29.6 Å². The molecule has 1 unspecified atom stereocenters. The highest BCUT2D eigenvalue weighted by molar-refractivity contribution is 5.30. The number of ether oxygens (including phenoxy) is 2. The van der Waals surface area contributed by atoms with Crippen molar-refractivity contribution in [3.8, 4) is 0 Å². The lowest BCUT2D eigenvalue weighted by Crippen LogP contribution is -2.41. The third kappa shape index (κ3) is 3.48. The first kappa shape index (κ1) is 16.1. The number of hydrogen-bond donors (Lipinski definition) is 1. The zero-order valence-corrected chi connectivity index (χ0v) is 12.0. The van der Waals surface area contributed by atoms with Crippen LogP contribution in [0.3, 0.4) is 0 Å². The van der Waals surface area contributed by atoms with Gasteiger partial charge in [-0.25, -0.2) is 8.78 Å². The summed E-state index contributed by atoms with van der Waals surface area (Å²) < 4.78 is 38.1. The molecule has 3 nitrogen and oxygen atoms in total. The van der Waals surface area contributed by atoms with Crippen molar-refractivity contribution in [1.82, 2.24) is 0 Å². The Hall–Kier alpha value is -1.30. The first-order chi connectivity index (χ1) is 9.97. The average molecular weight is 298 g/mol. The molecule has 0 spiro atoms. The highest BCUT2D eigenvalue weighted by Gasteiger charge is 2.37. The number of rotatable bonds is 5. The van der Waals surface area contributed by atoms with Gasteiger partial charge in [0.25, 0.3) is 0 Å². The van der Waals surface area contributed by atoms with Crippen LogP contribution in [0, 0.1) is 11.6 Å². The molecule has 0 bridgehead atoms. The van der Waals surface area contributed by atoms with Gasteiger partial charge in [-0.2, -0.15) is 0 Å². The van der Waals surface area contributed by atoms with E-state index in [4.69, 9.17) is 9.47 Å². The van der Waals surface area contributed by atoms with Crippen molar-refractivity contribution in [1.29, 1.82) is 0 Å². The predicted octanol–water partition coefficient (Wildman–Crippen LogP) is 3.27. The second kappa shape index (κ2) is 6.64. The van der Waals surface area contributed by atoms with Gasteiger partial charge < -0.3 is 14.6 Å². The molecular formula is C16H20F2O3. The Bertz CT molecular complexity index is 500. The van der Waals surface area contributed by atoms with Crippen LogP contribution in [0.15, 0.2) is 30.9 Å². The van der Waals surface area contributed by atoms with Gasteiger partial charge in [0.1, 0.15) is 17.2 Å². The van der Waals surface area contributed by atoms with E-state index in [9.17, 15) is 13.9 Å². The van der Waals surface area contributed by atoms with E-state index in [-0.39, 0.29) is 5.56 Å². The van der Waals surface area contributed by atoms with Crippen LogP contribution >= 0.6 is 0 Å². The molecule has 0 saturated carbocycles. The van der Waals surface area contributed by atoms with Crippen LogP contribution in [0.5, 0.6) is 0 Å². The van der Waals surface area contributed by atoms with Gasteiger partial charge in [-0.3, -0.25) is 0 Å². The molecule has 21 heavy (non-hydrogen) atoms. The lowest BCUT2D eigenvalue weighted by Gasteiger charge is -2.35. The zero-order chi connectivity index (χ0) is 15.5. The molecule has 3 atom stereocenters. The van der Waals surface area contributed by atoms with Crippen LogP contribution in [0.4, 0.5) is 8.78 Å². The van der Waals surface area contributed by atoms with Crippen molar-refractivity contribution >= 4 is 0 Å². The highest BCUT2D eigenvalue weighted by Crippen LogP contribution is 2.32. The van der Waals surface area contributed by atoms with Crippen molar-refractivity contribution in [2.24, 2.45) is 0 Å². The second-order valence-corrected chi connectivity index (χ2v) is 5.23. The maximum absolute atomic E-state index is 13.9. The van der Waals surface area contributed by atoms with Gasteiger partial charge in [0.15, 0.2) is 6.29 Å². The summed E-state index contributed by atoms with van der Waals surface area (Å²) in [5.41, 5.74) is -1.82. The summed E-state index contributed by atoms with van der Waals surface area (Å²) in [5.74, 6) is -1.54. The van der Waals surface area contributed by atoms with Crippen LogP contribution in [0.1, 0.15) is 31.7 Å². The predicted molar refractivity (Wildman–Crippen MR) is 74.6 cm³/mol. The summed E-state index contributed by atoms with van der Waals surface area (Å²) in [6.45, 7) is 5.78. The molecule has 0 aromatic heterocycles. The third-order valence-corrected chi connectivity index (χ3v) is 3.79. The van der Waals surface area contributed by atoms with E-state index >= 15 is 0 Å². The molecule has 0 aliphatic carbocycles. The van der Waals surface area contributed by atoms with Crippen molar-refractivity contribution in [2.45, 2.75) is 44.2 Å². The van der Waals surface area contributed by atoms with E-state index in [0.717, 1.165) is 31.4 Å². The molecule has 1 N–H and O–H groups in total. The molecule has 1 aliphatic rings. The van der Waals surface area contributed by atoms with Crippen LogP contribution < -0.4 is 0 Å². The van der Waals surface area contributed by atoms with Crippen molar-refractivity contribution < 1.29 is 23.4 Å². The SMILES string of the molecule is C=C[C@](O)(c1ccc(F)cc1F)[C@@H](C)OC1CCCCO1. The molecule has 1 aromatic carbocycles. The summed E-state index contributed by atoms with van der Waals surface area (Å²) in [6.07, 6.45) is 2.68. The minimum Gasteiger partial charge on any atom is -0.378 e. The monoisotopic (exact) mass is 298 g/mol. The number of aliphatic hydroxyl groups is 1. The lowest BCUT2D eigenvalue weighted by atomic mass is 9.88. The zero-order valence-electron chi connectivity index (χ0n) is 12.0. The van der Waals surface area contributed by atoms with Gasteiger partial charge in [0, 0.05) is 18.2 Å². The van der Waals surface area contributed by atoms with Gasteiger partial charge in [0.2, 0.25) is 0 Å². The topological polar surface area (TPSA) is 38.7 Å². The Morgan fingerprint density at radius 3 is 2.81 bits per heavy atom. The Balaban J connectivity index is 2.20. The normalized spacial score (nSPS) is 23.3. The van der Waals surface area contributed by atoms with E-state index in [1.54, 1.807) is 6.92 Å². The third-order valence-electron chi connectivity index (χ3n) is 3.79. The first-order valence-electron chi connectivity index (χ1n) is 7.06. The summed E-state index contributed by atoms with van der Waals surface area (Å²) >= 11 is 0. The van der Waals surface area contributed by atoms with Gasteiger partial charge >= 0.3 is 0 Å². The van der Waals surface area contributed by atoms with Crippen molar-refractivity contribution in [3.63, 3.8) is 0 Å². The second-order valence-electron chi connectivity index (χ2n) is 5.23. The summed E-state index contributed by atoms with van der Waals surface area (Å²) in [7, 11) is 0. The first-order valence-corrected chi connectivity index (χ1v) is 7.06. The van der Waals surface area contributed by atoms with Crippen LogP contribution in [-0.4, -0.2) is 24.1 Å². The van der Waals surface area contributed by atoms with E-state index in [0.29, 0.717) is 6.61 Å². The fourth-order valence-corrected chi connectivity index (χ4v) is 2.46. The van der Waals surface area contributed by atoms with Crippen molar-refractivity contribution in [3.05, 3.63) is 48.1 Å². The Kier molecular flexibility index (Phi) is 5.08. The number of hydrogen-bond acceptors (Lipinski definition) is 3. The van der Waals surface area contributed by atoms with E-state index in [1.807, 2.05) is 0 Å². The quantitative estimate of drug-likeness (QED) is 0.848. The van der Waals surface area contributed by atoms with Gasteiger partial charge in [-0.15, -0.1) is 0 Å². The average Bonchev–Trinajstić information content (AvgIpc) is 2.47. The van der Waals surface area contributed by atoms with Gasteiger partial charge in [-0.05, 0) is 38.3 Å². The van der Waals surface area contributed by atoms with Gasteiger partial charge in [-0.1, -0.05) is 12.7 Å². The Labute approximate surface area is 123 Å². The van der Waals surface area contributed by atoms with Gasteiger partial charge in [0.05, 0.1) is 6.10 Å². The molecule has 1 aliphatic heterocycles. The van der Waals surface area contributed by atoms with Crippen LogP contribution in [0.25, 0.3) is 0 Å². The standard InChI is InChI=1S/C16H20F2O3/c1-3-16(19,13-8-7-12(17)10-14(13)18)11(2)21-15-6-4-5-9-20-15/h3,7-8,10-11,15,19H,1,4-6,9H2,2H3/t11-,15?,16-/m1/s1. The maximum Gasteiger partial charge on any atom is 0.158 e.